The third-order valence-corrected chi connectivity index (χ3v) is 7.80. The first-order valence-corrected chi connectivity index (χ1v) is 13.4. The number of rotatable bonds is 10. The molecule has 1 aliphatic heterocycles. The van der Waals surface area contributed by atoms with Gasteiger partial charge in [-0.05, 0) is 57.9 Å². The summed E-state index contributed by atoms with van der Waals surface area (Å²) >= 11 is 0. The first-order valence-electron chi connectivity index (χ1n) is 11.8. The number of hydrogen-bond acceptors (Lipinski definition) is 7. The van der Waals surface area contributed by atoms with Crippen LogP contribution in [0.2, 0.25) is 0 Å². The summed E-state index contributed by atoms with van der Waals surface area (Å²) in [5.41, 5.74) is -1.52. The molecule has 1 heterocycles. The lowest BCUT2D eigenvalue weighted by Gasteiger charge is -2.35. The molecule has 0 bridgehead atoms. The first-order chi connectivity index (χ1) is 16.8. The van der Waals surface area contributed by atoms with Crippen molar-refractivity contribution in [2.75, 3.05) is 6.61 Å². The van der Waals surface area contributed by atoms with Gasteiger partial charge in [0, 0.05) is 12.1 Å². The number of halogens is 1. The minimum atomic E-state index is -4.18. The topological polar surface area (TPSA) is 114 Å². The molecule has 0 radical (unpaired) electrons. The number of nitrogens with zero attached hydrogens (tertiary/aromatic N) is 1. The average molecular weight is 525 g/mol. The van der Waals surface area contributed by atoms with Crippen LogP contribution in [0, 0.1) is 5.92 Å². The van der Waals surface area contributed by atoms with E-state index in [0.717, 1.165) is 0 Å². The maximum atomic E-state index is 15.6. The highest BCUT2D eigenvalue weighted by Gasteiger charge is 2.56. The van der Waals surface area contributed by atoms with Gasteiger partial charge in [-0.25, -0.2) is 8.96 Å². The fourth-order valence-corrected chi connectivity index (χ4v) is 5.81. The van der Waals surface area contributed by atoms with Gasteiger partial charge in [0.2, 0.25) is 5.91 Å². The van der Waals surface area contributed by atoms with Crippen molar-refractivity contribution in [2.24, 2.45) is 5.92 Å². The predicted octanol–water partition coefficient (Wildman–Crippen LogP) is 3.90. The summed E-state index contributed by atoms with van der Waals surface area (Å²) in [4.78, 5) is 26.1. The summed E-state index contributed by atoms with van der Waals surface area (Å²) in [5.74, 6) is -1.55. The van der Waals surface area contributed by atoms with Crippen molar-refractivity contribution < 1.29 is 37.4 Å². The molecule has 1 aliphatic carbocycles. The summed E-state index contributed by atoms with van der Waals surface area (Å²) in [5, 5.41) is 13.3. The van der Waals surface area contributed by atoms with Gasteiger partial charge in [-0.15, -0.1) is 0 Å². The van der Waals surface area contributed by atoms with Gasteiger partial charge >= 0.3 is 13.7 Å². The van der Waals surface area contributed by atoms with Crippen molar-refractivity contribution in [3.63, 3.8) is 0 Å². The molecular formula is C25H34FN2O7P. The second kappa shape index (κ2) is 11.3. The van der Waals surface area contributed by atoms with Gasteiger partial charge in [0.05, 0.1) is 31.3 Å². The third-order valence-electron chi connectivity index (χ3n) is 6.16. The van der Waals surface area contributed by atoms with E-state index >= 15 is 4.39 Å². The van der Waals surface area contributed by atoms with Crippen molar-refractivity contribution in [1.29, 1.82) is 0 Å². The Labute approximate surface area is 210 Å². The molecule has 11 heteroatoms. The Morgan fingerprint density at radius 2 is 2.00 bits per heavy atom. The molecule has 1 aromatic rings. The second-order valence-corrected chi connectivity index (χ2v) is 11.3. The lowest BCUT2D eigenvalue weighted by atomic mass is 9.96. The quantitative estimate of drug-likeness (QED) is 0.350. The highest BCUT2D eigenvalue weighted by atomic mass is 31.2. The van der Waals surface area contributed by atoms with E-state index in [9.17, 15) is 19.3 Å². The summed E-state index contributed by atoms with van der Waals surface area (Å²) in [6.45, 7) is 9.46. The Morgan fingerprint density at radius 3 is 2.61 bits per heavy atom. The fourth-order valence-electron chi connectivity index (χ4n) is 4.27. The Kier molecular flexibility index (Phi) is 8.77. The molecule has 0 spiro atoms. The second-order valence-electron chi connectivity index (χ2n) is 9.59. The van der Waals surface area contributed by atoms with E-state index < -0.39 is 43.5 Å². The van der Waals surface area contributed by atoms with E-state index in [4.69, 9.17) is 13.8 Å². The molecule has 2 aliphatic rings. The Morgan fingerprint density at radius 1 is 1.33 bits per heavy atom. The summed E-state index contributed by atoms with van der Waals surface area (Å²) < 4.78 is 45.7. The molecular weight excluding hydrogens is 490 g/mol. The van der Waals surface area contributed by atoms with Crippen molar-refractivity contribution in [3.8, 4) is 5.75 Å². The smallest absolute Gasteiger partial charge is 0.459 e. The van der Waals surface area contributed by atoms with Crippen LogP contribution in [0.4, 0.5) is 4.39 Å². The maximum absolute atomic E-state index is 15.6. The molecule has 1 fully saturated rings. The molecule has 1 unspecified atom stereocenters. The number of carbonyl (C=O) groups excluding carboxylic acids is 2. The van der Waals surface area contributed by atoms with E-state index in [1.54, 1.807) is 50.3 Å². The van der Waals surface area contributed by atoms with Crippen LogP contribution in [-0.2, 0) is 23.4 Å². The van der Waals surface area contributed by atoms with Gasteiger partial charge in [0.15, 0.2) is 5.67 Å². The molecule has 9 nitrogen and oxygen atoms in total. The van der Waals surface area contributed by atoms with Crippen molar-refractivity contribution in [3.05, 3.63) is 54.8 Å². The zero-order valence-electron chi connectivity index (χ0n) is 20.9. The summed E-state index contributed by atoms with van der Waals surface area (Å²) in [7, 11) is -4.18. The Balaban J connectivity index is 1.76. The lowest BCUT2D eigenvalue weighted by Crippen LogP contribution is -2.50. The highest BCUT2D eigenvalue weighted by Crippen LogP contribution is 2.48. The summed E-state index contributed by atoms with van der Waals surface area (Å²) in [6.07, 6.45) is 1.36. The van der Waals surface area contributed by atoms with Crippen LogP contribution < -0.4 is 9.61 Å². The number of aliphatic hydroxyl groups excluding tert-OH is 1. The van der Waals surface area contributed by atoms with Gasteiger partial charge in [-0.3, -0.25) is 14.1 Å². The largest absolute Gasteiger partial charge is 0.462 e. The van der Waals surface area contributed by atoms with Gasteiger partial charge in [0.1, 0.15) is 11.8 Å². The van der Waals surface area contributed by atoms with Crippen LogP contribution in [0.5, 0.6) is 5.75 Å². The lowest BCUT2D eigenvalue weighted by molar-refractivity contribution is -0.149. The van der Waals surface area contributed by atoms with E-state index in [1.165, 1.54) is 24.9 Å². The number of carbonyl (C=O) groups is 2. The van der Waals surface area contributed by atoms with Gasteiger partial charge in [0.25, 0.3) is 0 Å². The third kappa shape index (κ3) is 6.62. The Hall–Kier alpha value is -2.52. The SMILES string of the molecule is C=C1C=CN([C@@H]2C[C@H](COP(=O)(N[C@@H](C)C(=O)OC(C)C)Oc3ccccc3)[C@@H](O)[C@@]2(C)F)C(=O)C1. The normalized spacial score (nSPS) is 28.8. The number of allylic oxidation sites excluding steroid dienone is 1. The molecule has 0 saturated heterocycles. The van der Waals surface area contributed by atoms with Crippen molar-refractivity contribution in [2.45, 2.75) is 70.5 Å². The van der Waals surface area contributed by atoms with Gasteiger partial charge in [-0.1, -0.05) is 24.8 Å². The Bertz CT molecular complexity index is 1050. The maximum Gasteiger partial charge on any atom is 0.459 e. The minimum absolute atomic E-state index is 0.0625. The van der Waals surface area contributed by atoms with E-state index in [-0.39, 0.29) is 37.2 Å². The zero-order valence-corrected chi connectivity index (χ0v) is 21.8. The fraction of sp³-hybridized carbons (Fsp3) is 0.520. The van der Waals surface area contributed by atoms with E-state index in [0.29, 0.717) is 5.57 Å². The standard InChI is InChI=1S/C25H34FN2O7P/c1-16(2)34-24(31)18(4)27-36(32,35-20-9-7-6-8-10-20)33-15-19-14-21(25(5,26)23(19)30)28-12-11-17(3)13-22(28)29/h6-12,16,18-19,21,23,30H,3,13-15H2,1-2,4-5H3,(H,27,32)/t18-,19+,21+,23+,25-,36?/m0/s1. The molecule has 36 heavy (non-hydrogen) atoms. The number of amides is 1. The van der Waals surface area contributed by atoms with Gasteiger partial charge < -0.3 is 19.3 Å². The molecule has 3 rings (SSSR count). The average Bonchev–Trinajstić information content (AvgIpc) is 3.01. The predicted molar refractivity (Wildman–Crippen MR) is 132 cm³/mol. The summed E-state index contributed by atoms with van der Waals surface area (Å²) in [6, 6.07) is 6.24. The monoisotopic (exact) mass is 524 g/mol. The van der Waals surface area contributed by atoms with Crippen LogP contribution in [-0.4, -0.2) is 58.5 Å². The highest BCUT2D eigenvalue weighted by molar-refractivity contribution is 7.52. The molecule has 198 valence electrons. The molecule has 2 N–H and O–H groups in total. The molecule has 1 amide bonds. The molecule has 1 saturated carbocycles. The number of benzene rings is 1. The van der Waals surface area contributed by atoms with Crippen LogP contribution in [0.1, 0.15) is 40.5 Å². The number of esters is 1. The van der Waals surface area contributed by atoms with Crippen LogP contribution in [0.3, 0.4) is 0 Å². The number of ether oxygens (including phenoxy) is 1. The van der Waals surface area contributed by atoms with Crippen LogP contribution >= 0.6 is 7.75 Å². The zero-order chi connectivity index (χ0) is 26.7. The number of alkyl halides is 1. The van der Waals surface area contributed by atoms with Gasteiger partial charge in [-0.2, -0.15) is 5.09 Å². The first kappa shape index (κ1) is 28.1. The minimum Gasteiger partial charge on any atom is -0.462 e. The molecule has 1 aromatic carbocycles. The number of aliphatic hydroxyl groups is 1. The molecule has 6 atom stereocenters. The number of hydrogen-bond donors (Lipinski definition) is 2. The van der Waals surface area contributed by atoms with Crippen LogP contribution in [0.25, 0.3) is 0 Å². The number of para-hydroxylation sites is 1. The molecule has 0 aromatic heterocycles. The van der Waals surface area contributed by atoms with E-state index in [2.05, 4.69) is 11.7 Å². The van der Waals surface area contributed by atoms with Crippen molar-refractivity contribution in [1.82, 2.24) is 9.99 Å². The number of nitrogens with one attached hydrogen (secondary N) is 1. The van der Waals surface area contributed by atoms with Crippen molar-refractivity contribution >= 4 is 19.6 Å². The van der Waals surface area contributed by atoms with E-state index in [1.807, 2.05) is 0 Å². The van der Waals surface area contributed by atoms with Crippen LogP contribution in [0.15, 0.2) is 54.8 Å².